The fraction of sp³-hybridized carbons (Fsp3) is 0. The highest BCUT2D eigenvalue weighted by molar-refractivity contribution is 7.40. The second kappa shape index (κ2) is 67.9. The van der Waals surface area contributed by atoms with Crippen molar-refractivity contribution in [3.05, 3.63) is 0 Å². The number of hydrogen-bond donors (Lipinski definition) is 0. The van der Waals surface area contributed by atoms with E-state index in [0.717, 1.165) is 0 Å². The Morgan fingerprint density at radius 3 is 0.467 bits per heavy atom. The normalized spacial score (nSPS) is 3.93. The number of phosphoric acid groups is 1. The monoisotopic (exact) mass is 275 g/mol. The first-order valence-corrected chi connectivity index (χ1v) is 2.19. The van der Waals surface area contributed by atoms with Gasteiger partial charge in [0.05, 0.1) is 0 Å². The van der Waals surface area contributed by atoms with Gasteiger partial charge in [-0.1, -0.05) is 0 Å². The van der Waals surface area contributed by atoms with E-state index in [2.05, 4.69) is 0 Å². The molecule has 0 heterocycles. The van der Waals surface area contributed by atoms with Gasteiger partial charge in [-0.15, -0.1) is 0 Å². The summed E-state index contributed by atoms with van der Waals surface area (Å²) in [7, 11) is -5.39. The standard InChI is InChI=1S/H3O4P.10H2O/c1-5(2,3)4;;;;;;;;;;/h(H3,1,2,3,4);10*1H2/p-3. The topological polar surface area (TPSA) is 401 Å². The lowest BCUT2D eigenvalue weighted by Crippen LogP contribution is -2.24. The van der Waals surface area contributed by atoms with Crippen LogP contribution in [-0.4, -0.2) is 54.8 Å². The van der Waals surface area contributed by atoms with Crippen LogP contribution in [0, 0.1) is 0 Å². The smallest absolute Gasteiger partial charge is 0.159 e. The average molecular weight is 275 g/mol. The highest BCUT2D eigenvalue weighted by Gasteiger charge is 1.44. The molecule has 0 spiro atoms. The Labute approximate surface area is 83.1 Å². The van der Waals surface area contributed by atoms with Gasteiger partial charge in [0, 0.05) is 0 Å². The van der Waals surface area contributed by atoms with Gasteiger partial charge in [-0.2, -0.15) is 7.82 Å². The SMILES string of the molecule is O.O.O.O.O.O.O.O.O.O.O=P([O-])([O-])[O-]. The summed E-state index contributed by atoms with van der Waals surface area (Å²) < 4.78 is 8.55. The molecule has 0 amide bonds. The minimum absolute atomic E-state index is 0. The Morgan fingerprint density at radius 1 is 0.467 bits per heavy atom. The molecule has 0 radical (unpaired) electrons. The number of rotatable bonds is 0. The third-order valence-electron chi connectivity index (χ3n) is 0. The first-order valence-electron chi connectivity index (χ1n) is 0.730. The lowest BCUT2D eigenvalue weighted by atomic mass is 15.8. The third kappa shape index (κ3) is 22400. The average Bonchev–Trinajstić information content (AvgIpc) is 0.722. The summed E-state index contributed by atoms with van der Waals surface area (Å²) in [5, 5.41) is 0. The molecule has 15 heavy (non-hydrogen) atoms. The minimum Gasteiger partial charge on any atom is -0.822 e. The highest BCUT2D eigenvalue weighted by atomic mass is 31.2. The second-order valence-electron chi connectivity index (χ2n) is 0.447. The molecule has 0 aliphatic heterocycles. The summed E-state index contributed by atoms with van der Waals surface area (Å²) >= 11 is 0. The Morgan fingerprint density at radius 2 is 0.467 bits per heavy atom. The van der Waals surface area contributed by atoms with Crippen molar-refractivity contribution in [3.8, 4) is 0 Å². The van der Waals surface area contributed by atoms with Gasteiger partial charge >= 0.3 is 0 Å². The van der Waals surface area contributed by atoms with Crippen molar-refractivity contribution in [1.29, 1.82) is 0 Å². The van der Waals surface area contributed by atoms with E-state index in [9.17, 15) is 0 Å². The lowest BCUT2D eigenvalue weighted by molar-refractivity contribution is -0.432. The summed E-state index contributed by atoms with van der Waals surface area (Å²) in [6, 6.07) is 0. The van der Waals surface area contributed by atoms with Gasteiger partial charge in [0.15, 0.2) is 0 Å². The van der Waals surface area contributed by atoms with E-state index < -0.39 is 7.82 Å². The molecule has 0 bridgehead atoms. The van der Waals surface area contributed by atoms with Gasteiger partial charge in [-0.25, -0.2) is 0 Å². The molecule has 0 saturated carbocycles. The zero-order valence-electron chi connectivity index (χ0n) is 7.08. The van der Waals surface area contributed by atoms with Crippen LogP contribution in [0.3, 0.4) is 0 Å². The fourth-order valence-corrected chi connectivity index (χ4v) is 0. The highest BCUT2D eigenvalue weighted by Crippen LogP contribution is 2.03. The van der Waals surface area contributed by atoms with E-state index >= 15 is 0 Å². The molecule has 112 valence electrons. The van der Waals surface area contributed by atoms with Crippen LogP contribution in [0.2, 0.25) is 0 Å². The molecule has 0 unspecified atom stereocenters. The molecule has 0 fully saturated rings. The zero-order valence-corrected chi connectivity index (χ0v) is 7.97. The molecule has 0 aromatic carbocycles. The zero-order chi connectivity index (χ0) is 4.50. The molecule has 20 N–H and O–H groups in total. The first-order chi connectivity index (χ1) is 2.00. The maximum absolute atomic E-state index is 8.55. The van der Waals surface area contributed by atoms with Gasteiger partial charge in [-0.05, 0) is 0 Å². The van der Waals surface area contributed by atoms with Gasteiger partial charge in [0.25, 0.3) is 0 Å². The van der Waals surface area contributed by atoms with Crippen molar-refractivity contribution in [2.75, 3.05) is 0 Å². The Bertz CT molecular complexity index is 51.5. The van der Waals surface area contributed by atoms with Crippen molar-refractivity contribution in [3.63, 3.8) is 0 Å². The first kappa shape index (κ1) is 201. The molecule has 0 atom stereocenters. The van der Waals surface area contributed by atoms with Crippen LogP contribution in [-0.2, 0) is 4.57 Å². The molecular formula is H20O14P-3. The molecule has 14 nitrogen and oxygen atoms in total. The predicted molar refractivity (Wildman–Crippen MR) is 43.7 cm³/mol. The Hall–Kier alpha value is -0.290. The van der Waals surface area contributed by atoms with Crippen LogP contribution in [0.25, 0.3) is 0 Å². The Kier molecular flexibility index (Phi) is 910. The van der Waals surface area contributed by atoms with Crippen LogP contribution >= 0.6 is 7.82 Å². The summed E-state index contributed by atoms with van der Waals surface area (Å²) in [4.78, 5) is 25.6. The summed E-state index contributed by atoms with van der Waals surface area (Å²) in [6.07, 6.45) is 0. The van der Waals surface area contributed by atoms with Gasteiger partial charge in [0.2, 0.25) is 0 Å². The summed E-state index contributed by atoms with van der Waals surface area (Å²) in [5.41, 5.74) is 0. The quantitative estimate of drug-likeness (QED) is 0.387. The van der Waals surface area contributed by atoms with Gasteiger partial charge in [0.1, 0.15) is 0 Å². The fourth-order valence-electron chi connectivity index (χ4n) is 0. The summed E-state index contributed by atoms with van der Waals surface area (Å²) in [5.74, 6) is 0. The molecular weight excluding hydrogens is 255 g/mol. The van der Waals surface area contributed by atoms with Crippen molar-refractivity contribution >= 4 is 7.82 Å². The van der Waals surface area contributed by atoms with Crippen LogP contribution in [0.15, 0.2) is 0 Å². The molecule has 0 aliphatic carbocycles. The predicted octanol–water partition coefficient (Wildman–Crippen LogP) is -11.1. The van der Waals surface area contributed by atoms with Crippen molar-refractivity contribution in [1.82, 2.24) is 0 Å². The van der Waals surface area contributed by atoms with Crippen molar-refractivity contribution < 1.29 is 74.0 Å². The molecule has 15 heteroatoms. The molecule has 0 saturated heterocycles. The van der Waals surface area contributed by atoms with Crippen molar-refractivity contribution in [2.24, 2.45) is 0 Å². The lowest BCUT2D eigenvalue weighted by Gasteiger charge is -2.36. The van der Waals surface area contributed by atoms with E-state index in [1.807, 2.05) is 0 Å². The Balaban J connectivity index is -0.00000000178. The maximum Gasteiger partial charge on any atom is -0.159 e. The van der Waals surface area contributed by atoms with E-state index in [1.165, 1.54) is 0 Å². The molecule has 0 rings (SSSR count). The van der Waals surface area contributed by atoms with Crippen LogP contribution in [0.1, 0.15) is 0 Å². The largest absolute Gasteiger partial charge is 0.822 e. The van der Waals surface area contributed by atoms with E-state index in [4.69, 9.17) is 19.2 Å². The number of hydrogen-bond acceptors (Lipinski definition) is 4. The third-order valence-corrected chi connectivity index (χ3v) is 0. The van der Waals surface area contributed by atoms with Crippen molar-refractivity contribution in [2.45, 2.75) is 0 Å². The van der Waals surface area contributed by atoms with Crippen LogP contribution < -0.4 is 14.7 Å². The van der Waals surface area contributed by atoms with Crippen LogP contribution in [0.5, 0.6) is 0 Å². The van der Waals surface area contributed by atoms with E-state index in [0.29, 0.717) is 0 Å². The van der Waals surface area contributed by atoms with Crippen LogP contribution in [0.4, 0.5) is 0 Å². The van der Waals surface area contributed by atoms with Gasteiger partial charge < -0.3 is 74.0 Å². The second-order valence-corrected chi connectivity index (χ2v) is 1.34. The van der Waals surface area contributed by atoms with E-state index in [-0.39, 0.29) is 54.8 Å². The van der Waals surface area contributed by atoms with E-state index in [1.54, 1.807) is 0 Å². The minimum atomic E-state index is -5.39. The molecule has 0 aromatic rings. The maximum atomic E-state index is 8.55. The summed E-state index contributed by atoms with van der Waals surface area (Å²) in [6.45, 7) is 0. The molecule has 0 aromatic heterocycles. The molecule has 0 aliphatic rings. The van der Waals surface area contributed by atoms with Gasteiger partial charge in [-0.3, -0.25) is 0 Å².